The van der Waals surface area contributed by atoms with Crippen molar-refractivity contribution < 1.29 is 0 Å². The van der Waals surface area contributed by atoms with Gasteiger partial charge in [0.25, 0.3) is 0 Å². The van der Waals surface area contributed by atoms with Crippen LogP contribution in [0.25, 0.3) is 11.0 Å². The largest absolute Gasteiger partial charge is 0.334 e. The van der Waals surface area contributed by atoms with E-state index >= 15 is 0 Å². The van der Waals surface area contributed by atoms with Crippen molar-refractivity contribution in [1.29, 1.82) is 0 Å². The maximum Gasteiger partial charge on any atom is 0.144 e. The Morgan fingerprint density at radius 1 is 1.40 bits per heavy atom. The van der Waals surface area contributed by atoms with E-state index in [0.717, 1.165) is 10.1 Å². The molecule has 1 aliphatic carbocycles. The molecule has 4 heteroatoms. The normalized spacial score (nSPS) is 16.9. The van der Waals surface area contributed by atoms with E-state index in [1.807, 2.05) is 11.6 Å². The first kappa shape index (κ1) is 9.33. The summed E-state index contributed by atoms with van der Waals surface area (Å²) in [4.78, 5) is 8.77. The molecule has 0 N–H and O–H groups in total. The van der Waals surface area contributed by atoms with Gasteiger partial charge in [0.15, 0.2) is 0 Å². The van der Waals surface area contributed by atoms with Gasteiger partial charge in [-0.25, -0.2) is 9.97 Å². The first-order valence-corrected chi connectivity index (χ1v) is 6.02. The van der Waals surface area contributed by atoms with Crippen molar-refractivity contribution in [3.05, 3.63) is 22.7 Å². The minimum Gasteiger partial charge on any atom is -0.334 e. The Morgan fingerprint density at radius 3 is 2.87 bits per heavy atom. The number of hydrogen-bond acceptors (Lipinski definition) is 2. The number of hydrogen-bond donors (Lipinski definition) is 0. The second-order valence-corrected chi connectivity index (χ2v) is 5.03. The Bertz CT molecular complexity index is 514. The molecule has 0 aromatic carbocycles. The zero-order valence-electron chi connectivity index (χ0n) is 8.57. The van der Waals surface area contributed by atoms with Crippen LogP contribution in [-0.4, -0.2) is 14.5 Å². The highest BCUT2D eigenvalue weighted by atomic mass is 79.9. The van der Waals surface area contributed by atoms with Crippen LogP contribution >= 0.6 is 15.9 Å². The van der Waals surface area contributed by atoms with Gasteiger partial charge in [-0.05, 0) is 28.8 Å². The molecular formula is C11H12BrN3. The van der Waals surface area contributed by atoms with Gasteiger partial charge >= 0.3 is 0 Å². The van der Waals surface area contributed by atoms with Crippen LogP contribution in [0.15, 0.2) is 17.0 Å². The Balaban J connectivity index is 2.28. The molecule has 0 bridgehead atoms. The second kappa shape index (κ2) is 3.30. The van der Waals surface area contributed by atoms with E-state index in [1.165, 1.54) is 30.3 Å². The maximum atomic E-state index is 4.45. The molecule has 2 aromatic rings. The van der Waals surface area contributed by atoms with E-state index in [9.17, 15) is 0 Å². The van der Waals surface area contributed by atoms with Crippen molar-refractivity contribution in [3.8, 4) is 0 Å². The van der Waals surface area contributed by atoms with Crippen molar-refractivity contribution >= 4 is 27.0 Å². The van der Waals surface area contributed by atoms with Gasteiger partial charge in [-0.15, -0.1) is 0 Å². The van der Waals surface area contributed by atoms with E-state index in [0.29, 0.717) is 5.92 Å². The summed E-state index contributed by atoms with van der Waals surface area (Å²) >= 11 is 3.59. The summed E-state index contributed by atoms with van der Waals surface area (Å²) in [7, 11) is 2.02. The molecule has 78 valence electrons. The lowest BCUT2D eigenvalue weighted by molar-refractivity contribution is 0.413. The Morgan fingerprint density at radius 2 is 2.20 bits per heavy atom. The van der Waals surface area contributed by atoms with Gasteiger partial charge in [0, 0.05) is 23.6 Å². The third kappa shape index (κ3) is 1.31. The Labute approximate surface area is 96.7 Å². The van der Waals surface area contributed by atoms with Crippen LogP contribution in [0.5, 0.6) is 0 Å². The molecule has 2 aromatic heterocycles. The molecular weight excluding hydrogens is 254 g/mol. The van der Waals surface area contributed by atoms with Gasteiger partial charge in [-0.1, -0.05) is 6.42 Å². The highest BCUT2D eigenvalue weighted by molar-refractivity contribution is 9.10. The zero-order chi connectivity index (χ0) is 10.4. The number of rotatable bonds is 1. The summed E-state index contributed by atoms with van der Waals surface area (Å²) in [5.41, 5.74) is 2.25. The molecule has 1 aliphatic rings. The average molecular weight is 266 g/mol. The van der Waals surface area contributed by atoms with E-state index in [1.54, 1.807) is 6.33 Å². The van der Waals surface area contributed by atoms with Crippen LogP contribution in [0.4, 0.5) is 0 Å². The summed E-state index contributed by atoms with van der Waals surface area (Å²) in [6.45, 7) is 0. The van der Waals surface area contributed by atoms with Crippen LogP contribution in [0.2, 0.25) is 0 Å². The molecule has 3 nitrogen and oxygen atoms in total. The molecule has 0 radical (unpaired) electrons. The number of fused-ring (bicyclic) bond motifs is 1. The lowest BCUT2D eigenvalue weighted by Gasteiger charge is -2.25. The van der Waals surface area contributed by atoms with Crippen LogP contribution in [0.3, 0.4) is 0 Å². The fraction of sp³-hybridized carbons (Fsp3) is 0.455. The summed E-state index contributed by atoms with van der Waals surface area (Å²) in [6, 6.07) is 0. The lowest BCUT2D eigenvalue weighted by atomic mass is 9.82. The highest BCUT2D eigenvalue weighted by Crippen LogP contribution is 2.40. The fourth-order valence-electron chi connectivity index (χ4n) is 2.17. The van der Waals surface area contributed by atoms with Crippen LogP contribution in [0.1, 0.15) is 30.9 Å². The van der Waals surface area contributed by atoms with Gasteiger partial charge in [-0.2, -0.15) is 0 Å². The molecule has 1 fully saturated rings. The van der Waals surface area contributed by atoms with E-state index in [-0.39, 0.29) is 0 Å². The number of nitrogens with zero attached hydrogens (tertiary/aromatic N) is 3. The van der Waals surface area contributed by atoms with Crippen molar-refractivity contribution in [1.82, 2.24) is 14.5 Å². The van der Waals surface area contributed by atoms with Crippen molar-refractivity contribution in [2.75, 3.05) is 0 Å². The van der Waals surface area contributed by atoms with Crippen molar-refractivity contribution in [2.24, 2.45) is 7.05 Å². The molecule has 1 saturated carbocycles. The summed E-state index contributed by atoms with van der Waals surface area (Å²) in [5, 5.41) is 1.20. The molecule has 3 rings (SSSR count). The van der Waals surface area contributed by atoms with Gasteiger partial charge < -0.3 is 4.57 Å². The van der Waals surface area contributed by atoms with E-state index in [4.69, 9.17) is 0 Å². The third-order valence-corrected chi connectivity index (χ3v) is 3.83. The Hall–Kier alpha value is -0.900. The molecule has 0 saturated heterocycles. The molecule has 0 unspecified atom stereocenters. The van der Waals surface area contributed by atoms with Gasteiger partial charge in [0.05, 0.1) is 11.1 Å². The maximum absolute atomic E-state index is 4.45. The Kier molecular flexibility index (Phi) is 2.06. The monoisotopic (exact) mass is 265 g/mol. The predicted molar refractivity (Wildman–Crippen MR) is 62.8 cm³/mol. The predicted octanol–water partition coefficient (Wildman–Crippen LogP) is 3.00. The smallest absolute Gasteiger partial charge is 0.144 e. The summed E-state index contributed by atoms with van der Waals surface area (Å²) < 4.78 is 3.16. The third-order valence-electron chi connectivity index (χ3n) is 3.23. The first-order valence-electron chi connectivity index (χ1n) is 5.23. The zero-order valence-corrected chi connectivity index (χ0v) is 10.2. The van der Waals surface area contributed by atoms with Crippen LogP contribution in [-0.2, 0) is 7.05 Å². The average Bonchev–Trinajstić information content (AvgIpc) is 2.41. The van der Waals surface area contributed by atoms with Gasteiger partial charge in [-0.3, -0.25) is 0 Å². The topological polar surface area (TPSA) is 30.7 Å². The molecule has 15 heavy (non-hydrogen) atoms. The minimum absolute atomic E-state index is 0.647. The van der Waals surface area contributed by atoms with Crippen LogP contribution in [0, 0.1) is 0 Å². The lowest BCUT2D eigenvalue weighted by Crippen LogP contribution is -2.11. The molecule has 0 atom stereocenters. The highest BCUT2D eigenvalue weighted by Gasteiger charge is 2.24. The van der Waals surface area contributed by atoms with Crippen molar-refractivity contribution in [3.63, 3.8) is 0 Å². The number of aromatic nitrogens is 3. The van der Waals surface area contributed by atoms with Gasteiger partial charge in [0.2, 0.25) is 0 Å². The standard InChI is InChI=1S/C11H12BrN3/c1-15-5-8(12)9-10(7-3-2-4-7)13-6-14-11(9)15/h5-7H,2-4H2,1H3. The minimum atomic E-state index is 0.647. The SMILES string of the molecule is Cn1cc(Br)c2c(C3CCC3)ncnc21. The van der Waals surface area contributed by atoms with Crippen molar-refractivity contribution in [2.45, 2.75) is 25.2 Å². The van der Waals surface area contributed by atoms with Gasteiger partial charge in [0.1, 0.15) is 12.0 Å². The fourth-order valence-corrected chi connectivity index (χ4v) is 2.86. The number of aryl methyl sites for hydroxylation is 1. The van der Waals surface area contributed by atoms with E-state index < -0.39 is 0 Å². The summed E-state index contributed by atoms with van der Waals surface area (Å²) in [6.07, 6.45) is 7.62. The second-order valence-electron chi connectivity index (χ2n) is 4.17. The molecule has 2 heterocycles. The number of halogens is 1. The molecule has 0 amide bonds. The first-order chi connectivity index (χ1) is 7.27. The molecule has 0 spiro atoms. The summed E-state index contributed by atoms with van der Waals surface area (Å²) in [5.74, 6) is 0.647. The van der Waals surface area contributed by atoms with Crippen LogP contribution < -0.4 is 0 Å². The van der Waals surface area contributed by atoms with E-state index in [2.05, 4.69) is 32.1 Å². The quantitative estimate of drug-likeness (QED) is 0.794. The molecule has 0 aliphatic heterocycles.